The maximum absolute atomic E-state index is 5.84. The van der Waals surface area contributed by atoms with Crippen LogP contribution in [0.3, 0.4) is 0 Å². The fraction of sp³-hybridized carbons (Fsp3) is 0.571. The van der Waals surface area contributed by atoms with Gasteiger partial charge < -0.3 is 9.64 Å². The molecule has 1 aromatic rings. The first-order valence-corrected chi connectivity index (χ1v) is 6.32. The Labute approximate surface area is 97.2 Å². The van der Waals surface area contributed by atoms with Crippen molar-refractivity contribution in [2.75, 3.05) is 26.2 Å². The van der Waals surface area contributed by atoms with Crippen LogP contribution in [0.15, 0.2) is 24.3 Å². The molecule has 0 aromatic heterocycles. The molecule has 2 atom stereocenters. The number of para-hydroxylation sites is 1. The summed E-state index contributed by atoms with van der Waals surface area (Å²) in [6.07, 6.45) is 1.25. The number of benzene rings is 1. The summed E-state index contributed by atoms with van der Waals surface area (Å²) in [4.78, 5) is 2.58. The molecule has 0 spiro atoms. The van der Waals surface area contributed by atoms with Crippen molar-refractivity contribution < 1.29 is 4.74 Å². The van der Waals surface area contributed by atoms with E-state index in [2.05, 4.69) is 36.1 Å². The molecule has 3 rings (SSSR count). The van der Waals surface area contributed by atoms with Crippen molar-refractivity contribution in [1.29, 1.82) is 0 Å². The second-order valence-electron chi connectivity index (χ2n) is 4.97. The van der Waals surface area contributed by atoms with Crippen LogP contribution in [-0.4, -0.2) is 31.1 Å². The minimum Gasteiger partial charge on any atom is -0.493 e. The van der Waals surface area contributed by atoms with Crippen LogP contribution in [0, 0.1) is 5.92 Å². The Bertz CT molecular complexity index is 377. The van der Waals surface area contributed by atoms with Crippen molar-refractivity contribution in [2.24, 2.45) is 5.92 Å². The maximum Gasteiger partial charge on any atom is 0.122 e. The van der Waals surface area contributed by atoms with E-state index in [0.29, 0.717) is 11.8 Å². The van der Waals surface area contributed by atoms with E-state index < -0.39 is 0 Å². The normalized spacial score (nSPS) is 28.3. The maximum atomic E-state index is 5.84. The van der Waals surface area contributed by atoms with Gasteiger partial charge in [-0.2, -0.15) is 0 Å². The molecule has 1 fully saturated rings. The van der Waals surface area contributed by atoms with Gasteiger partial charge in [-0.15, -0.1) is 0 Å². The summed E-state index contributed by atoms with van der Waals surface area (Å²) in [6.45, 7) is 6.83. The molecular formula is C14H19NO. The SMILES string of the molecule is CCCN1C[C@H]2COc3ccccc3[C@@H]2C1. The number of ether oxygens (including phenoxy) is 1. The number of likely N-dealkylation sites (tertiary alicyclic amines) is 1. The zero-order valence-corrected chi connectivity index (χ0v) is 9.86. The lowest BCUT2D eigenvalue weighted by molar-refractivity contribution is 0.213. The van der Waals surface area contributed by atoms with Crippen molar-refractivity contribution in [2.45, 2.75) is 19.3 Å². The van der Waals surface area contributed by atoms with E-state index in [1.165, 1.54) is 31.6 Å². The number of hydrogen-bond acceptors (Lipinski definition) is 2. The van der Waals surface area contributed by atoms with E-state index in [4.69, 9.17) is 4.74 Å². The van der Waals surface area contributed by atoms with Gasteiger partial charge in [-0.25, -0.2) is 0 Å². The molecule has 0 unspecified atom stereocenters. The Morgan fingerprint density at radius 1 is 1.31 bits per heavy atom. The predicted octanol–water partition coefficient (Wildman–Crippen LogP) is 2.50. The molecule has 0 aliphatic carbocycles. The van der Waals surface area contributed by atoms with E-state index in [1.54, 1.807) is 0 Å². The highest BCUT2D eigenvalue weighted by Gasteiger charge is 2.37. The first kappa shape index (κ1) is 10.2. The van der Waals surface area contributed by atoms with Crippen LogP contribution in [0.4, 0.5) is 0 Å². The van der Waals surface area contributed by atoms with Crippen molar-refractivity contribution in [3.8, 4) is 5.75 Å². The van der Waals surface area contributed by atoms with Crippen molar-refractivity contribution in [1.82, 2.24) is 4.90 Å². The quantitative estimate of drug-likeness (QED) is 0.754. The summed E-state index contributed by atoms with van der Waals surface area (Å²) in [5.41, 5.74) is 1.43. The molecule has 2 aliphatic rings. The smallest absolute Gasteiger partial charge is 0.122 e. The van der Waals surface area contributed by atoms with Crippen molar-refractivity contribution in [3.63, 3.8) is 0 Å². The second-order valence-corrected chi connectivity index (χ2v) is 4.97. The minimum absolute atomic E-state index is 0.705. The van der Waals surface area contributed by atoms with E-state index in [9.17, 15) is 0 Å². The Morgan fingerprint density at radius 3 is 3.06 bits per heavy atom. The van der Waals surface area contributed by atoms with Crippen LogP contribution in [0.1, 0.15) is 24.8 Å². The average Bonchev–Trinajstić information content (AvgIpc) is 2.72. The summed E-state index contributed by atoms with van der Waals surface area (Å²) >= 11 is 0. The van der Waals surface area contributed by atoms with Crippen LogP contribution < -0.4 is 4.74 Å². The Balaban J connectivity index is 1.84. The molecule has 1 saturated heterocycles. The molecule has 0 radical (unpaired) electrons. The predicted molar refractivity (Wildman–Crippen MR) is 64.9 cm³/mol. The zero-order valence-electron chi connectivity index (χ0n) is 9.86. The van der Waals surface area contributed by atoms with Crippen LogP contribution >= 0.6 is 0 Å². The molecule has 2 heterocycles. The first-order valence-electron chi connectivity index (χ1n) is 6.32. The highest BCUT2D eigenvalue weighted by molar-refractivity contribution is 5.39. The van der Waals surface area contributed by atoms with E-state index in [-0.39, 0.29) is 0 Å². The molecule has 0 N–H and O–H groups in total. The summed E-state index contributed by atoms with van der Waals surface area (Å²) in [7, 11) is 0. The number of fused-ring (bicyclic) bond motifs is 3. The molecule has 0 saturated carbocycles. The van der Waals surface area contributed by atoms with Gasteiger partial charge in [0.2, 0.25) is 0 Å². The molecular weight excluding hydrogens is 198 g/mol. The second kappa shape index (κ2) is 4.10. The van der Waals surface area contributed by atoms with Gasteiger partial charge in [0, 0.05) is 24.9 Å². The summed E-state index contributed by atoms with van der Waals surface area (Å²) < 4.78 is 5.84. The van der Waals surface area contributed by atoms with Crippen molar-refractivity contribution >= 4 is 0 Å². The van der Waals surface area contributed by atoms with E-state index >= 15 is 0 Å². The molecule has 1 aromatic carbocycles. The highest BCUT2D eigenvalue weighted by atomic mass is 16.5. The van der Waals surface area contributed by atoms with Gasteiger partial charge in [0.1, 0.15) is 5.75 Å². The largest absolute Gasteiger partial charge is 0.493 e. The lowest BCUT2D eigenvalue weighted by atomic mass is 9.87. The Morgan fingerprint density at radius 2 is 2.19 bits per heavy atom. The first-order chi connectivity index (χ1) is 7.88. The van der Waals surface area contributed by atoms with Gasteiger partial charge in [0.15, 0.2) is 0 Å². The molecule has 2 aliphatic heterocycles. The van der Waals surface area contributed by atoms with Gasteiger partial charge in [-0.3, -0.25) is 0 Å². The Kier molecular flexibility index (Phi) is 2.60. The van der Waals surface area contributed by atoms with Crippen LogP contribution in [0.2, 0.25) is 0 Å². The standard InChI is InChI=1S/C14H19NO/c1-2-7-15-8-11-10-16-14-6-4-3-5-12(14)13(11)9-15/h3-6,11,13H,2,7-10H2,1H3/t11-,13+/m0/s1. The molecule has 86 valence electrons. The lowest BCUT2D eigenvalue weighted by Crippen LogP contribution is -2.25. The zero-order chi connectivity index (χ0) is 11.0. The van der Waals surface area contributed by atoms with Crippen molar-refractivity contribution in [3.05, 3.63) is 29.8 Å². The summed E-state index contributed by atoms with van der Waals surface area (Å²) in [5, 5.41) is 0. The van der Waals surface area contributed by atoms with E-state index in [0.717, 1.165) is 12.4 Å². The minimum atomic E-state index is 0.705. The van der Waals surface area contributed by atoms with Crippen LogP contribution in [0.25, 0.3) is 0 Å². The third kappa shape index (κ3) is 1.61. The van der Waals surface area contributed by atoms with Gasteiger partial charge in [0.05, 0.1) is 6.61 Å². The monoisotopic (exact) mass is 217 g/mol. The fourth-order valence-electron chi connectivity index (χ4n) is 3.10. The van der Waals surface area contributed by atoms with E-state index in [1.807, 2.05) is 0 Å². The Hall–Kier alpha value is -1.02. The van der Waals surface area contributed by atoms with Gasteiger partial charge in [0.25, 0.3) is 0 Å². The number of hydrogen-bond donors (Lipinski definition) is 0. The molecule has 2 nitrogen and oxygen atoms in total. The summed E-state index contributed by atoms with van der Waals surface area (Å²) in [5.74, 6) is 2.53. The topological polar surface area (TPSA) is 12.5 Å². The summed E-state index contributed by atoms with van der Waals surface area (Å²) in [6, 6.07) is 8.54. The highest BCUT2D eigenvalue weighted by Crippen LogP contribution is 2.41. The van der Waals surface area contributed by atoms with Gasteiger partial charge in [-0.05, 0) is 24.6 Å². The molecule has 2 heteroatoms. The lowest BCUT2D eigenvalue weighted by Gasteiger charge is -2.27. The third-order valence-corrected chi connectivity index (χ3v) is 3.83. The average molecular weight is 217 g/mol. The molecule has 16 heavy (non-hydrogen) atoms. The molecule has 0 amide bonds. The van der Waals surface area contributed by atoms with Gasteiger partial charge >= 0.3 is 0 Å². The third-order valence-electron chi connectivity index (χ3n) is 3.83. The van der Waals surface area contributed by atoms with Crippen LogP contribution in [-0.2, 0) is 0 Å². The van der Waals surface area contributed by atoms with Crippen LogP contribution in [0.5, 0.6) is 5.75 Å². The fourth-order valence-corrected chi connectivity index (χ4v) is 3.10. The number of nitrogens with zero attached hydrogens (tertiary/aromatic N) is 1. The molecule has 0 bridgehead atoms. The number of rotatable bonds is 2. The van der Waals surface area contributed by atoms with Gasteiger partial charge in [-0.1, -0.05) is 25.1 Å².